The van der Waals surface area contributed by atoms with Gasteiger partial charge in [0.2, 0.25) is 0 Å². The number of aromatic nitrogens is 1. The monoisotopic (exact) mass is 641 g/mol. The highest BCUT2D eigenvalue weighted by Gasteiger charge is 2.38. The lowest BCUT2D eigenvalue weighted by atomic mass is 10.0. The molecule has 238 valence electrons. The first-order chi connectivity index (χ1) is 22.0. The Bertz CT molecular complexity index is 2000. The van der Waals surface area contributed by atoms with E-state index in [9.17, 15) is 23.1 Å². The molecule has 0 radical (unpaired) electrons. The lowest BCUT2D eigenvalue weighted by Crippen LogP contribution is -2.31. The molecule has 1 heterocycles. The molecule has 0 aliphatic heterocycles. The van der Waals surface area contributed by atoms with Crippen LogP contribution in [0.2, 0.25) is 0 Å². The SMILES string of the molecule is COc1cc(C(=O)NS(=O)(=O)c2ccccc2C#CC2(O)CC2)ccc1Cc1cn(C)c2ccc(NC(=O)OC3CCCC3)cc12. The van der Waals surface area contributed by atoms with Crippen LogP contribution < -0.4 is 14.8 Å². The number of nitrogens with zero attached hydrogens (tertiary/aromatic N) is 1. The molecule has 2 saturated carbocycles. The lowest BCUT2D eigenvalue weighted by Gasteiger charge is -2.13. The topological polar surface area (TPSA) is 136 Å². The van der Waals surface area contributed by atoms with Crippen molar-refractivity contribution in [3.8, 4) is 17.6 Å². The first-order valence-electron chi connectivity index (χ1n) is 15.2. The summed E-state index contributed by atoms with van der Waals surface area (Å²) in [4.78, 5) is 25.5. The lowest BCUT2D eigenvalue weighted by molar-refractivity contribution is 0.0980. The zero-order valence-electron chi connectivity index (χ0n) is 25.6. The zero-order valence-corrected chi connectivity index (χ0v) is 26.4. The van der Waals surface area contributed by atoms with Gasteiger partial charge in [0.15, 0.2) is 0 Å². The first kappa shape index (κ1) is 31.2. The Labute approximate surface area is 267 Å². The summed E-state index contributed by atoms with van der Waals surface area (Å²) >= 11 is 0. The van der Waals surface area contributed by atoms with Gasteiger partial charge < -0.3 is 19.1 Å². The van der Waals surface area contributed by atoms with Gasteiger partial charge in [-0.3, -0.25) is 10.1 Å². The van der Waals surface area contributed by atoms with E-state index in [1.54, 1.807) is 24.3 Å². The largest absolute Gasteiger partial charge is 0.496 e. The number of amides is 2. The number of sulfonamides is 1. The average molecular weight is 642 g/mol. The van der Waals surface area contributed by atoms with Crippen LogP contribution >= 0.6 is 0 Å². The normalized spacial score (nSPS) is 15.5. The quantitative estimate of drug-likeness (QED) is 0.223. The molecular formula is C35H35N3O7S. The van der Waals surface area contributed by atoms with Crippen LogP contribution in [0.4, 0.5) is 10.5 Å². The Morgan fingerprint density at radius 2 is 1.80 bits per heavy atom. The fourth-order valence-electron chi connectivity index (χ4n) is 5.70. The second-order valence-corrected chi connectivity index (χ2v) is 13.5. The second kappa shape index (κ2) is 12.5. The third-order valence-corrected chi connectivity index (χ3v) is 9.77. The molecule has 1 aromatic heterocycles. The smallest absolute Gasteiger partial charge is 0.411 e. The van der Waals surface area contributed by atoms with E-state index in [0.29, 0.717) is 30.7 Å². The summed E-state index contributed by atoms with van der Waals surface area (Å²) < 4.78 is 41.7. The van der Waals surface area contributed by atoms with Crippen molar-refractivity contribution < 1.29 is 32.6 Å². The molecule has 4 aromatic rings. The Morgan fingerprint density at radius 1 is 1.04 bits per heavy atom. The van der Waals surface area contributed by atoms with Gasteiger partial charge in [0.25, 0.3) is 15.9 Å². The van der Waals surface area contributed by atoms with Crippen LogP contribution in [0.25, 0.3) is 10.9 Å². The highest BCUT2D eigenvalue weighted by Crippen LogP contribution is 2.34. The van der Waals surface area contributed by atoms with Crippen LogP contribution in [0.5, 0.6) is 5.75 Å². The van der Waals surface area contributed by atoms with Crippen LogP contribution in [0.3, 0.4) is 0 Å². The summed E-state index contributed by atoms with van der Waals surface area (Å²) in [6.07, 6.45) is 6.96. The van der Waals surface area contributed by atoms with E-state index < -0.39 is 27.6 Å². The second-order valence-electron chi connectivity index (χ2n) is 11.8. The van der Waals surface area contributed by atoms with Gasteiger partial charge in [-0.1, -0.05) is 30.0 Å². The molecule has 3 aromatic carbocycles. The van der Waals surface area contributed by atoms with Gasteiger partial charge in [-0.05, 0) is 92.1 Å². The molecule has 3 N–H and O–H groups in total. The minimum absolute atomic E-state index is 0.0366. The maximum absolute atomic E-state index is 13.2. The Balaban J connectivity index is 1.19. The number of nitrogens with one attached hydrogen (secondary N) is 2. The van der Waals surface area contributed by atoms with Crippen LogP contribution in [0, 0.1) is 11.8 Å². The van der Waals surface area contributed by atoms with E-state index in [1.807, 2.05) is 36.0 Å². The molecule has 2 fully saturated rings. The van der Waals surface area contributed by atoms with Crippen molar-refractivity contribution >= 4 is 38.6 Å². The number of fused-ring (bicyclic) bond motifs is 1. The minimum atomic E-state index is -4.27. The predicted octanol–water partition coefficient (Wildman–Crippen LogP) is 5.26. The molecule has 2 aliphatic carbocycles. The average Bonchev–Trinajstić information content (AvgIpc) is 3.40. The third-order valence-electron chi connectivity index (χ3n) is 8.38. The maximum atomic E-state index is 13.2. The van der Waals surface area contributed by atoms with Crippen LogP contribution in [0.1, 0.15) is 65.6 Å². The van der Waals surface area contributed by atoms with E-state index in [1.165, 1.54) is 25.3 Å². The molecule has 11 heteroatoms. The van der Waals surface area contributed by atoms with Crippen molar-refractivity contribution in [2.75, 3.05) is 12.4 Å². The van der Waals surface area contributed by atoms with E-state index in [4.69, 9.17) is 9.47 Å². The number of aliphatic hydroxyl groups is 1. The van der Waals surface area contributed by atoms with E-state index in [2.05, 4.69) is 21.9 Å². The highest BCUT2D eigenvalue weighted by molar-refractivity contribution is 7.90. The molecule has 0 spiro atoms. The number of hydrogen-bond acceptors (Lipinski definition) is 7. The molecule has 0 unspecified atom stereocenters. The van der Waals surface area contributed by atoms with Gasteiger partial charge in [0.1, 0.15) is 22.4 Å². The Morgan fingerprint density at radius 3 is 2.54 bits per heavy atom. The van der Waals surface area contributed by atoms with Crippen molar-refractivity contribution in [3.05, 3.63) is 89.1 Å². The van der Waals surface area contributed by atoms with Crippen LogP contribution in [-0.4, -0.2) is 48.9 Å². The van der Waals surface area contributed by atoms with E-state index in [0.717, 1.165) is 47.7 Å². The van der Waals surface area contributed by atoms with Crippen molar-refractivity contribution in [2.24, 2.45) is 7.05 Å². The fraction of sp³-hybridized carbons (Fsp3) is 0.314. The summed E-state index contributed by atoms with van der Waals surface area (Å²) in [5, 5.41) is 13.8. The Hall–Kier alpha value is -4.79. The van der Waals surface area contributed by atoms with Gasteiger partial charge in [0, 0.05) is 47.4 Å². The standard InChI is InChI=1S/C35H35N3O7S/c1-38-22-26(29-21-27(13-14-30(29)38)36-34(40)45-28-8-4-5-9-28)19-24-11-12-25(20-31(24)44-2)33(39)37-46(42,43)32-10-6-3-7-23(32)15-16-35(41)17-18-35/h3,6-7,10-14,20-22,28,41H,4-5,8-9,17-19H2,1-2H3,(H,36,40)(H,37,39). The number of ether oxygens (including phenoxy) is 2. The molecular weight excluding hydrogens is 606 g/mol. The zero-order chi connectivity index (χ0) is 32.5. The summed E-state index contributed by atoms with van der Waals surface area (Å²) in [6.45, 7) is 0. The minimum Gasteiger partial charge on any atom is -0.496 e. The molecule has 2 amide bonds. The fourth-order valence-corrected chi connectivity index (χ4v) is 6.84. The van der Waals surface area contributed by atoms with Crippen LogP contribution in [0.15, 0.2) is 71.8 Å². The number of methoxy groups -OCH3 is 1. The van der Waals surface area contributed by atoms with Crippen molar-refractivity contribution in [3.63, 3.8) is 0 Å². The number of rotatable bonds is 8. The first-order valence-corrected chi connectivity index (χ1v) is 16.7. The number of aryl methyl sites for hydroxylation is 1. The van der Waals surface area contributed by atoms with Gasteiger partial charge in [0.05, 0.1) is 7.11 Å². The van der Waals surface area contributed by atoms with E-state index >= 15 is 0 Å². The number of benzene rings is 3. The van der Waals surface area contributed by atoms with Gasteiger partial charge in [-0.15, -0.1) is 0 Å². The number of carbonyl (C=O) groups excluding carboxylic acids is 2. The highest BCUT2D eigenvalue weighted by atomic mass is 32.2. The van der Waals surface area contributed by atoms with Crippen molar-refractivity contribution in [1.29, 1.82) is 0 Å². The maximum Gasteiger partial charge on any atom is 0.411 e. The number of carbonyl (C=O) groups is 2. The van der Waals surface area contributed by atoms with Gasteiger partial charge in [-0.2, -0.15) is 0 Å². The summed E-state index contributed by atoms with van der Waals surface area (Å²) in [7, 11) is -0.844. The van der Waals surface area contributed by atoms with E-state index in [-0.39, 0.29) is 22.1 Å². The molecule has 0 bridgehead atoms. The Kier molecular flexibility index (Phi) is 8.51. The summed E-state index contributed by atoms with van der Waals surface area (Å²) in [5.74, 6) is 5.05. The molecule has 0 atom stereocenters. The predicted molar refractivity (Wildman–Crippen MR) is 173 cm³/mol. The van der Waals surface area contributed by atoms with Crippen molar-refractivity contribution in [1.82, 2.24) is 9.29 Å². The molecule has 6 rings (SSSR count). The molecule has 10 nitrogen and oxygen atoms in total. The molecule has 2 aliphatic rings. The van der Waals surface area contributed by atoms with Crippen molar-refractivity contribution in [2.45, 2.75) is 61.5 Å². The third kappa shape index (κ3) is 6.88. The van der Waals surface area contributed by atoms with Gasteiger partial charge >= 0.3 is 6.09 Å². The number of hydrogen-bond donors (Lipinski definition) is 3. The number of anilines is 1. The van der Waals surface area contributed by atoms with Crippen LogP contribution in [-0.2, 0) is 28.2 Å². The van der Waals surface area contributed by atoms with Gasteiger partial charge in [-0.25, -0.2) is 17.9 Å². The molecule has 46 heavy (non-hydrogen) atoms. The molecule has 0 saturated heterocycles. The summed E-state index contributed by atoms with van der Waals surface area (Å²) in [5.41, 5.74) is 2.57. The summed E-state index contributed by atoms with van der Waals surface area (Å²) in [6, 6.07) is 16.6.